The molecule has 0 fully saturated rings. The number of esters is 1. The van der Waals surface area contributed by atoms with E-state index in [1.807, 2.05) is 12.1 Å². The van der Waals surface area contributed by atoms with E-state index in [-0.39, 0.29) is 5.91 Å². The molecule has 0 spiro atoms. The smallest absolute Gasteiger partial charge is 0.341 e. The first kappa shape index (κ1) is 16.7. The van der Waals surface area contributed by atoms with Gasteiger partial charge in [-0.15, -0.1) is 11.3 Å². The molecule has 1 aromatic heterocycles. The minimum absolute atomic E-state index is 0.292. The lowest BCUT2D eigenvalue weighted by Gasteiger charge is -2.05. The quantitative estimate of drug-likeness (QED) is 0.651. The van der Waals surface area contributed by atoms with Crippen molar-refractivity contribution >= 4 is 45.9 Å². The number of fused-ring (bicyclic) bond motifs is 1. The van der Waals surface area contributed by atoms with Crippen molar-refractivity contribution in [3.05, 3.63) is 56.9 Å². The standard InChI is InChI=1S/C18H16ClNO3S/c1-23-18(22)16-13-6-3-7-14(13)24-17(16)20-15(21)9-8-11-4-2-5-12(19)10-11/h2,4-5,8-10H,3,6-7H2,1H3,(H,20,21)/b9-8+. The third-order valence-corrected chi connectivity index (χ3v) is 5.27. The molecule has 1 aromatic carbocycles. The SMILES string of the molecule is COC(=O)c1c(NC(=O)/C=C/c2cccc(Cl)c2)sc2c1CCC2. The number of ether oxygens (including phenoxy) is 1. The molecule has 1 aliphatic carbocycles. The molecule has 1 amide bonds. The van der Waals surface area contributed by atoms with E-state index in [4.69, 9.17) is 16.3 Å². The van der Waals surface area contributed by atoms with Crippen LogP contribution in [0.3, 0.4) is 0 Å². The maximum atomic E-state index is 12.2. The number of rotatable bonds is 4. The van der Waals surface area contributed by atoms with E-state index in [9.17, 15) is 9.59 Å². The van der Waals surface area contributed by atoms with Gasteiger partial charge >= 0.3 is 5.97 Å². The van der Waals surface area contributed by atoms with Gasteiger partial charge in [-0.2, -0.15) is 0 Å². The maximum Gasteiger partial charge on any atom is 0.341 e. The van der Waals surface area contributed by atoms with Crippen LogP contribution in [-0.2, 0) is 22.4 Å². The van der Waals surface area contributed by atoms with Gasteiger partial charge in [0.1, 0.15) is 5.00 Å². The molecule has 4 nitrogen and oxygen atoms in total. The molecule has 0 bridgehead atoms. The highest BCUT2D eigenvalue weighted by Crippen LogP contribution is 2.39. The monoisotopic (exact) mass is 361 g/mol. The Balaban J connectivity index is 1.78. The average Bonchev–Trinajstić information content (AvgIpc) is 3.13. The molecule has 24 heavy (non-hydrogen) atoms. The fourth-order valence-corrected chi connectivity index (χ4v) is 4.23. The first-order valence-corrected chi connectivity index (χ1v) is 8.75. The van der Waals surface area contributed by atoms with Crippen molar-refractivity contribution in [3.8, 4) is 0 Å². The molecule has 2 aromatic rings. The summed E-state index contributed by atoms with van der Waals surface area (Å²) in [5.41, 5.74) is 2.35. The van der Waals surface area contributed by atoms with Crippen LogP contribution in [-0.4, -0.2) is 19.0 Å². The summed E-state index contributed by atoms with van der Waals surface area (Å²) in [6, 6.07) is 7.22. The van der Waals surface area contributed by atoms with Gasteiger partial charge in [0.2, 0.25) is 5.91 Å². The van der Waals surface area contributed by atoms with Crippen LogP contribution in [0.2, 0.25) is 5.02 Å². The summed E-state index contributed by atoms with van der Waals surface area (Å²) in [5.74, 6) is -0.691. The molecule has 0 atom stereocenters. The van der Waals surface area contributed by atoms with Gasteiger partial charge in [-0.05, 0) is 48.6 Å². The van der Waals surface area contributed by atoms with E-state index < -0.39 is 5.97 Å². The lowest BCUT2D eigenvalue weighted by Crippen LogP contribution is -2.12. The predicted molar refractivity (Wildman–Crippen MR) is 96.8 cm³/mol. The number of hydrogen-bond donors (Lipinski definition) is 1. The number of thiophene rings is 1. The van der Waals surface area contributed by atoms with Gasteiger partial charge in [-0.25, -0.2) is 4.79 Å². The third kappa shape index (κ3) is 3.52. The van der Waals surface area contributed by atoms with Crippen molar-refractivity contribution in [2.45, 2.75) is 19.3 Å². The normalized spacial score (nSPS) is 13.1. The number of benzene rings is 1. The maximum absolute atomic E-state index is 12.2. The summed E-state index contributed by atoms with van der Waals surface area (Å²) in [5, 5.41) is 3.97. The molecule has 0 saturated carbocycles. The Kier molecular flexibility index (Phi) is 5.02. The largest absolute Gasteiger partial charge is 0.465 e. The van der Waals surface area contributed by atoms with Gasteiger partial charge in [0.15, 0.2) is 0 Å². The second kappa shape index (κ2) is 7.20. The average molecular weight is 362 g/mol. The van der Waals surface area contributed by atoms with Crippen LogP contribution < -0.4 is 5.32 Å². The third-order valence-electron chi connectivity index (χ3n) is 3.82. The van der Waals surface area contributed by atoms with Gasteiger partial charge in [0.05, 0.1) is 12.7 Å². The van der Waals surface area contributed by atoms with Crippen molar-refractivity contribution in [2.24, 2.45) is 0 Å². The van der Waals surface area contributed by atoms with E-state index >= 15 is 0 Å². The van der Waals surface area contributed by atoms with E-state index in [0.29, 0.717) is 15.6 Å². The second-order valence-corrected chi connectivity index (χ2v) is 6.97. The number of nitrogens with one attached hydrogen (secondary N) is 1. The van der Waals surface area contributed by atoms with Gasteiger partial charge in [-0.3, -0.25) is 4.79 Å². The number of aryl methyl sites for hydroxylation is 1. The van der Waals surface area contributed by atoms with Crippen molar-refractivity contribution in [1.29, 1.82) is 0 Å². The predicted octanol–water partition coefficient (Wildman–Crippen LogP) is 4.33. The van der Waals surface area contributed by atoms with Crippen molar-refractivity contribution in [3.63, 3.8) is 0 Å². The van der Waals surface area contributed by atoms with Crippen LogP contribution in [0.5, 0.6) is 0 Å². The Morgan fingerprint density at radius 2 is 2.17 bits per heavy atom. The molecule has 0 unspecified atom stereocenters. The fourth-order valence-electron chi connectivity index (χ4n) is 2.75. The van der Waals surface area contributed by atoms with Crippen molar-refractivity contribution in [2.75, 3.05) is 12.4 Å². The van der Waals surface area contributed by atoms with Gasteiger partial charge in [-0.1, -0.05) is 23.7 Å². The number of carbonyl (C=O) groups is 2. The zero-order valence-electron chi connectivity index (χ0n) is 13.1. The van der Waals surface area contributed by atoms with Gasteiger partial charge in [0, 0.05) is 16.0 Å². The van der Waals surface area contributed by atoms with Crippen LogP contribution >= 0.6 is 22.9 Å². The van der Waals surface area contributed by atoms with E-state index in [0.717, 1.165) is 35.3 Å². The highest BCUT2D eigenvalue weighted by atomic mass is 35.5. The molecule has 6 heteroatoms. The first-order valence-electron chi connectivity index (χ1n) is 7.56. The topological polar surface area (TPSA) is 55.4 Å². The number of hydrogen-bond acceptors (Lipinski definition) is 4. The van der Waals surface area contributed by atoms with Crippen molar-refractivity contribution in [1.82, 2.24) is 0 Å². The Morgan fingerprint density at radius 1 is 1.33 bits per heavy atom. The van der Waals surface area contributed by atoms with Crippen LogP contribution in [0, 0.1) is 0 Å². The number of methoxy groups -OCH3 is 1. The molecule has 1 heterocycles. The number of halogens is 1. The Labute approximate surface area is 149 Å². The van der Waals surface area contributed by atoms with E-state index in [1.54, 1.807) is 18.2 Å². The summed E-state index contributed by atoms with van der Waals surface area (Å²) >= 11 is 7.38. The molecule has 1 aliphatic rings. The molecule has 0 radical (unpaired) electrons. The first-order chi connectivity index (χ1) is 11.6. The van der Waals surface area contributed by atoms with E-state index in [2.05, 4.69) is 5.32 Å². The van der Waals surface area contributed by atoms with Crippen LogP contribution in [0.1, 0.15) is 32.8 Å². The highest BCUT2D eigenvalue weighted by molar-refractivity contribution is 7.17. The number of carbonyl (C=O) groups excluding carboxylic acids is 2. The minimum Gasteiger partial charge on any atom is -0.465 e. The van der Waals surface area contributed by atoms with Gasteiger partial charge < -0.3 is 10.1 Å². The second-order valence-electron chi connectivity index (χ2n) is 5.43. The summed E-state index contributed by atoms with van der Waals surface area (Å²) in [6.07, 6.45) is 5.94. The lowest BCUT2D eigenvalue weighted by molar-refractivity contribution is -0.111. The number of anilines is 1. The van der Waals surface area contributed by atoms with Crippen LogP contribution in [0.15, 0.2) is 30.3 Å². The molecule has 0 aliphatic heterocycles. The molecular formula is C18H16ClNO3S. The minimum atomic E-state index is -0.400. The Hall–Kier alpha value is -2.11. The Morgan fingerprint density at radius 3 is 2.92 bits per heavy atom. The molecule has 1 N–H and O–H groups in total. The lowest BCUT2D eigenvalue weighted by atomic mass is 10.1. The van der Waals surface area contributed by atoms with Crippen molar-refractivity contribution < 1.29 is 14.3 Å². The summed E-state index contributed by atoms with van der Waals surface area (Å²) in [4.78, 5) is 25.4. The zero-order chi connectivity index (χ0) is 17.1. The van der Waals surface area contributed by atoms with Gasteiger partial charge in [0.25, 0.3) is 0 Å². The molecule has 3 rings (SSSR count). The fraction of sp³-hybridized carbons (Fsp3) is 0.222. The van der Waals surface area contributed by atoms with Crippen LogP contribution in [0.25, 0.3) is 6.08 Å². The molecular weight excluding hydrogens is 346 g/mol. The highest BCUT2D eigenvalue weighted by Gasteiger charge is 2.27. The molecule has 124 valence electrons. The Bertz CT molecular complexity index is 826. The zero-order valence-corrected chi connectivity index (χ0v) is 14.7. The summed E-state index contributed by atoms with van der Waals surface area (Å²) < 4.78 is 4.87. The van der Waals surface area contributed by atoms with Crippen LogP contribution in [0.4, 0.5) is 5.00 Å². The summed E-state index contributed by atoms with van der Waals surface area (Å²) in [6.45, 7) is 0. The molecule has 0 saturated heterocycles. The summed E-state index contributed by atoms with van der Waals surface area (Å²) in [7, 11) is 1.35. The van der Waals surface area contributed by atoms with E-state index in [1.165, 1.54) is 24.5 Å². The number of amides is 1.